The molecule has 4 atom stereocenters. The molecule has 2 aromatic carbocycles. The summed E-state index contributed by atoms with van der Waals surface area (Å²) in [6.07, 6.45) is 0.908. The minimum absolute atomic E-state index is 0.0555. The van der Waals surface area contributed by atoms with Crippen LogP contribution in [0.5, 0.6) is 0 Å². The van der Waals surface area contributed by atoms with E-state index in [1.807, 2.05) is 24.3 Å². The molecule has 13 heteroatoms. The zero-order valence-corrected chi connectivity index (χ0v) is 21.4. The molecule has 3 aromatic rings. The monoisotopic (exact) mass is 553 g/mol. The number of aromatic nitrogens is 1. The van der Waals surface area contributed by atoms with E-state index in [2.05, 4.69) is 20.9 Å². The Morgan fingerprint density at radius 3 is 2.02 bits per heavy atom. The molecule has 212 valence electrons. The van der Waals surface area contributed by atoms with Gasteiger partial charge in [-0.25, -0.2) is 4.79 Å². The number of aliphatic carboxylic acids is 2. The number of hydrogen-bond donors (Lipinski definition) is 8. The summed E-state index contributed by atoms with van der Waals surface area (Å²) in [4.78, 5) is 64.5. The molecular weight excluding hydrogens is 522 g/mol. The molecule has 0 fully saturated rings. The van der Waals surface area contributed by atoms with Gasteiger partial charge in [0.15, 0.2) is 0 Å². The van der Waals surface area contributed by atoms with Crippen molar-refractivity contribution in [1.82, 2.24) is 20.9 Å². The number of carboxylic acids is 2. The fraction of sp³-hybridized carbons (Fsp3) is 0.296. The van der Waals surface area contributed by atoms with Crippen molar-refractivity contribution in [3.63, 3.8) is 0 Å². The minimum atomic E-state index is -1.62. The average Bonchev–Trinajstić information content (AvgIpc) is 3.33. The Kier molecular flexibility index (Phi) is 10.3. The van der Waals surface area contributed by atoms with Crippen molar-refractivity contribution in [2.75, 3.05) is 6.61 Å². The number of aliphatic hydroxyl groups is 1. The standard InChI is InChI=1S/C27H31N5O8/c28-18(11-16-13-29-19-9-5-4-8-17(16)19)24(36)30-20(12-23(34)35)25(37)32-22(14-33)26(38)31-21(27(39)40)10-15-6-2-1-3-7-15/h1-9,13,18,20-22,29,33H,10-12,14,28H2,(H,30,36)(H,31,38)(H,32,37)(H,34,35)(H,39,40). The van der Waals surface area contributed by atoms with E-state index in [4.69, 9.17) is 5.73 Å². The number of amides is 3. The maximum absolute atomic E-state index is 12.9. The van der Waals surface area contributed by atoms with E-state index in [0.717, 1.165) is 16.5 Å². The zero-order valence-electron chi connectivity index (χ0n) is 21.4. The number of para-hydroxylation sites is 1. The SMILES string of the molecule is NC(Cc1c[nH]c2ccccc12)C(=O)NC(CC(=O)O)C(=O)NC(CO)C(=O)NC(Cc1ccccc1)C(=O)O. The van der Waals surface area contributed by atoms with Crippen molar-refractivity contribution in [2.24, 2.45) is 5.73 Å². The number of aliphatic hydroxyl groups excluding tert-OH is 1. The highest BCUT2D eigenvalue weighted by Gasteiger charge is 2.31. The van der Waals surface area contributed by atoms with Gasteiger partial charge in [0.25, 0.3) is 0 Å². The number of fused-ring (bicyclic) bond motifs is 1. The summed E-state index contributed by atoms with van der Waals surface area (Å²) >= 11 is 0. The van der Waals surface area contributed by atoms with Crippen molar-refractivity contribution >= 4 is 40.6 Å². The van der Waals surface area contributed by atoms with Gasteiger partial charge in [0, 0.05) is 23.5 Å². The first kappa shape index (κ1) is 29.8. The third-order valence-electron chi connectivity index (χ3n) is 6.18. The van der Waals surface area contributed by atoms with E-state index in [-0.39, 0.29) is 12.8 Å². The van der Waals surface area contributed by atoms with Crippen molar-refractivity contribution in [3.05, 3.63) is 71.9 Å². The predicted octanol–water partition coefficient (Wildman–Crippen LogP) is -0.714. The highest BCUT2D eigenvalue weighted by Crippen LogP contribution is 2.18. The number of benzene rings is 2. The molecule has 3 amide bonds. The van der Waals surface area contributed by atoms with Crippen LogP contribution in [0.25, 0.3) is 10.9 Å². The first-order chi connectivity index (χ1) is 19.1. The lowest BCUT2D eigenvalue weighted by atomic mass is 10.0. The lowest BCUT2D eigenvalue weighted by molar-refractivity contribution is -0.143. The molecule has 13 nitrogen and oxygen atoms in total. The molecule has 0 saturated heterocycles. The molecule has 0 aliphatic heterocycles. The number of H-pyrrole nitrogens is 1. The number of hydrogen-bond acceptors (Lipinski definition) is 7. The smallest absolute Gasteiger partial charge is 0.326 e. The molecule has 0 saturated carbocycles. The van der Waals surface area contributed by atoms with Crippen LogP contribution in [0.3, 0.4) is 0 Å². The third kappa shape index (κ3) is 8.12. The maximum Gasteiger partial charge on any atom is 0.326 e. The van der Waals surface area contributed by atoms with Crippen molar-refractivity contribution in [2.45, 2.75) is 43.4 Å². The van der Waals surface area contributed by atoms with Crippen molar-refractivity contribution in [1.29, 1.82) is 0 Å². The van der Waals surface area contributed by atoms with Crippen LogP contribution >= 0.6 is 0 Å². The average molecular weight is 554 g/mol. The Hall–Kier alpha value is -4.75. The topological polar surface area (TPSA) is 224 Å². The normalized spacial score (nSPS) is 13.9. The Balaban J connectivity index is 1.64. The number of nitrogens with one attached hydrogen (secondary N) is 4. The van der Waals surface area contributed by atoms with E-state index < -0.39 is 66.9 Å². The van der Waals surface area contributed by atoms with E-state index >= 15 is 0 Å². The first-order valence-corrected chi connectivity index (χ1v) is 12.4. The lowest BCUT2D eigenvalue weighted by Crippen LogP contribution is -2.58. The molecule has 4 unspecified atom stereocenters. The Bertz CT molecular complexity index is 1360. The van der Waals surface area contributed by atoms with Gasteiger partial charge in [0.2, 0.25) is 17.7 Å². The number of carboxylic acid groups (broad SMARTS) is 2. The highest BCUT2D eigenvalue weighted by molar-refractivity contribution is 5.96. The molecule has 3 rings (SSSR count). The van der Waals surface area contributed by atoms with Gasteiger partial charge in [-0.2, -0.15) is 0 Å². The molecule has 1 heterocycles. The number of carbonyl (C=O) groups is 5. The Morgan fingerprint density at radius 1 is 0.775 bits per heavy atom. The van der Waals surface area contributed by atoms with Crippen LogP contribution in [0.1, 0.15) is 17.5 Å². The molecule has 1 aromatic heterocycles. The molecule has 0 radical (unpaired) electrons. The quantitative estimate of drug-likeness (QED) is 0.126. The fourth-order valence-corrected chi connectivity index (χ4v) is 4.08. The second-order valence-electron chi connectivity index (χ2n) is 9.16. The predicted molar refractivity (Wildman–Crippen MR) is 143 cm³/mol. The number of nitrogens with two attached hydrogens (primary N) is 1. The van der Waals surface area contributed by atoms with Gasteiger partial charge in [-0.05, 0) is 23.6 Å². The van der Waals surface area contributed by atoms with Gasteiger partial charge in [0.05, 0.1) is 19.1 Å². The van der Waals surface area contributed by atoms with Gasteiger partial charge in [-0.3, -0.25) is 19.2 Å². The summed E-state index contributed by atoms with van der Waals surface area (Å²) in [5.41, 5.74) is 8.26. The van der Waals surface area contributed by atoms with Crippen LogP contribution in [-0.2, 0) is 36.8 Å². The summed E-state index contributed by atoms with van der Waals surface area (Å²) < 4.78 is 0. The third-order valence-corrected chi connectivity index (χ3v) is 6.18. The van der Waals surface area contributed by atoms with Crippen LogP contribution in [0.15, 0.2) is 60.8 Å². The van der Waals surface area contributed by atoms with Crippen molar-refractivity contribution in [3.8, 4) is 0 Å². The van der Waals surface area contributed by atoms with Crippen LogP contribution in [0.4, 0.5) is 0 Å². The summed E-state index contributed by atoms with van der Waals surface area (Å²) in [7, 11) is 0. The fourth-order valence-electron chi connectivity index (χ4n) is 4.08. The van der Waals surface area contributed by atoms with Gasteiger partial charge in [-0.1, -0.05) is 48.5 Å². The van der Waals surface area contributed by atoms with E-state index in [0.29, 0.717) is 5.56 Å². The first-order valence-electron chi connectivity index (χ1n) is 12.4. The Labute approximate surface area is 228 Å². The Morgan fingerprint density at radius 2 is 1.38 bits per heavy atom. The molecule has 9 N–H and O–H groups in total. The molecule has 0 aliphatic carbocycles. The largest absolute Gasteiger partial charge is 0.481 e. The van der Waals surface area contributed by atoms with Crippen LogP contribution in [0, 0.1) is 0 Å². The van der Waals surface area contributed by atoms with Crippen LogP contribution in [-0.4, -0.2) is 80.7 Å². The van der Waals surface area contributed by atoms with Crippen LogP contribution in [0.2, 0.25) is 0 Å². The summed E-state index contributed by atoms with van der Waals surface area (Å²) in [5.74, 6) is -5.62. The zero-order chi connectivity index (χ0) is 29.2. The maximum atomic E-state index is 12.9. The molecular formula is C27H31N5O8. The van der Waals surface area contributed by atoms with Gasteiger partial charge >= 0.3 is 11.9 Å². The molecule has 0 spiro atoms. The summed E-state index contributed by atoms with van der Waals surface area (Å²) in [6.45, 7) is -0.914. The van der Waals surface area contributed by atoms with E-state index in [1.54, 1.807) is 36.5 Å². The summed E-state index contributed by atoms with van der Waals surface area (Å²) in [6, 6.07) is 10.1. The van der Waals surface area contributed by atoms with E-state index in [1.165, 1.54) is 0 Å². The second kappa shape index (κ2) is 13.9. The van der Waals surface area contributed by atoms with Gasteiger partial charge < -0.3 is 42.0 Å². The van der Waals surface area contributed by atoms with Crippen LogP contribution < -0.4 is 21.7 Å². The minimum Gasteiger partial charge on any atom is -0.481 e. The van der Waals surface area contributed by atoms with Crippen molar-refractivity contribution < 1.29 is 39.3 Å². The number of rotatable bonds is 14. The molecule has 40 heavy (non-hydrogen) atoms. The summed E-state index contributed by atoms with van der Waals surface area (Å²) in [5, 5.41) is 36.1. The molecule has 0 bridgehead atoms. The lowest BCUT2D eigenvalue weighted by Gasteiger charge is -2.23. The van der Waals surface area contributed by atoms with Gasteiger partial charge in [-0.15, -0.1) is 0 Å². The highest BCUT2D eigenvalue weighted by atomic mass is 16.4. The van der Waals surface area contributed by atoms with Gasteiger partial charge in [0.1, 0.15) is 18.1 Å². The second-order valence-corrected chi connectivity index (χ2v) is 9.16. The number of aromatic amines is 1. The van der Waals surface area contributed by atoms with E-state index in [9.17, 15) is 39.3 Å². The number of carbonyl (C=O) groups excluding carboxylic acids is 3. The molecule has 0 aliphatic rings.